The van der Waals surface area contributed by atoms with Crippen molar-refractivity contribution in [2.45, 2.75) is 20.1 Å². The van der Waals surface area contributed by atoms with Crippen LogP contribution in [0, 0.1) is 0 Å². The van der Waals surface area contributed by atoms with E-state index >= 15 is 0 Å². The third-order valence-corrected chi connectivity index (χ3v) is 6.23. The number of rotatable bonds is 8. The zero-order valence-corrected chi connectivity index (χ0v) is 20.6. The van der Waals surface area contributed by atoms with Crippen molar-refractivity contribution >= 4 is 68.0 Å². The van der Waals surface area contributed by atoms with Crippen molar-refractivity contribution in [2.75, 3.05) is 11.9 Å². The van der Waals surface area contributed by atoms with E-state index in [1.807, 2.05) is 25.1 Å². The van der Waals surface area contributed by atoms with E-state index in [1.165, 1.54) is 0 Å². The van der Waals surface area contributed by atoms with Gasteiger partial charge in [-0.3, -0.25) is 0 Å². The van der Waals surface area contributed by atoms with Crippen molar-refractivity contribution in [3.63, 3.8) is 0 Å². The summed E-state index contributed by atoms with van der Waals surface area (Å²) in [6.07, 6.45) is 0. The van der Waals surface area contributed by atoms with Gasteiger partial charge in [0.2, 0.25) is 0 Å². The predicted molar refractivity (Wildman–Crippen MR) is 130 cm³/mol. The van der Waals surface area contributed by atoms with Crippen LogP contribution in [0.3, 0.4) is 0 Å². The first-order chi connectivity index (χ1) is 14.4. The third kappa shape index (κ3) is 6.12. The second kappa shape index (κ2) is 10.8. The Kier molecular flexibility index (Phi) is 8.44. The molecule has 0 aliphatic carbocycles. The van der Waals surface area contributed by atoms with E-state index < -0.39 is 0 Å². The molecule has 0 bridgehead atoms. The highest BCUT2D eigenvalue weighted by Crippen LogP contribution is 2.36. The van der Waals surface area contributed by atoms with Crippen molar-refractivity contribution in [1.82, 2.24) is 0 Å². The first-order valence-corrected chi connectivity index (χ1v) is 11.4. The Morgan fingerprint density at radius 3 is 2.30 bits per heavy atom. The Labute approximate surface area is 204 Å². The molecule has 0 radical (unpaired) electrons. The van der Waals surface area contributed by atoms with Gasteiger partial charge in [-0.2, -0.15) is 0 Å². The van der Waals surface area contributed by atoms with Gasteiger partial charge in [-0.05, 0) is 60.5 Å². The molecule has 0 aliphatic rings. The Hall–Kier alpha value is -1.30. The molecule has 0 atom stereocenters. The molecule has 0 aromatic heterocycles. The van der Waals surface area contributed by atoms with Gasteiger partial charge in [-0.1, -0.05) is 68.4 Å². The normalized spacial score (nSPS) is 10.7. The van der Waals surface area contributed by atoms with Gasteiger partial charge in [0.15, 0.2) is 11.5 Å². The summed E-state index contributed by atoms with van der Waals surface area (Å²) < 4.78 is 12.7. The minimum atomic E-state index is 0.332. The number of benzene rings is 3. The Balaban J connectivity index is 1.77. The first kappa shape index (κ1) is 23.4. The molecule has 3 aromatic rings. The number of hydrogen-bond donors (Lipinski definition) is 1. The summed E-state index contributed by atoms with van der Waals surface area (Å²) in [5.41, 5.74) is 2.65. The molecule has 30 heavy (non-hydrogen) atoms. The molecule has 0 heterocycles. The summed E-state index contributed by atoms with van der Waals surface area (Å²) in [5.74, 6) is 1.27. The van der Waals surface area contributed by atoms with Gasteiger partial charge < -0.3 is 14.8 Å². The van der Waals surface area contributed by atoms with Crippen molar-refractivity contribution in [3.05, 3.63) is 84.2 Å². The van der Waals surface area contributed by atoms with Crippen LogP contribution in [-0.4, -0.2) is 6.61 Å². The van der Waals surface area contributed by atoms with Crippen molar-refractivity contribution in [3.8, 4) is 11.5 Å². The highest BCUT2D eigenvalue weighted by Gasteiger charge is 2.12. The lowest BCUT2D eigenvalue weighted by Gasteiger charge is -2.16. The fourth-order valence-electron chi connectivity index (χ4n) is 2.71. The quantitative estimate of drug-likeness (QED) is 0.305. The molecule has 3 aromatic carbocycles. The van der Waals surface area contributed by atoms with Gasteiger partial charge in [-0.15, -0.1) is 0 Å². The minimum Gasteiger partial charge on any atom is -0.490 e. The Morgan fingerprint density at radius 1 is 0.833 bits per heavy atom. The number of anilines is 1. The van der Waals surface area contributed by atoms with Crippen LogP contribution in [-0.2, 0) is 13.2 Å². The molecule has 3 rings (SSSR count). The van der Waals surface area contributed by atoms with Gasteiger partial charge >= 0.3 is 0 Å². The average molecular weight is 550 g/mol. The second-order valence-electron chi connectivity index (χ2n) is 6.34. The molecule has 8 heteroatoms. The summed E-state index contributed by atoms with van der Waals surface area (Å²) in [6.45, 7) is 3.29. The fraction of sp³-hybridized carbons (Fsp3) is 0.182. The van der Waals surface area contributed by atoms with E-state index in [0.29, 0.717) is 51.3 Å². The predicted octanol–water partition coefficient (Wildman–Crippen LogP) is 8.65. The number of hydrogen-bond acceptors (Lipinski definition) is 3. The lowest BCUT2D eigenvalue weighted by Crippen LogP contribution is -2.04. The number of halogens is 5. The zero-order chi connectivity index (χ0) is 21.7. The summed E-state index contributed by atoms with van der Waals surface area (Å²) >= 11 is 28.0. The molecular weight excluding hydrogens is 532 g/mol. The maximum absolute atomic E-state index is 6.23. The number of ether oxygens (including phenoxy) is 2. The molecule has 1 N–H and O–H groups in total. The molecule has 0 saturated heterocycles. The smallest absolute Gasteiger partial charge is 0.162 e. The largest absolute Gasteiger partial charge is 0.490 e. The van der Waals surface area contributed by atoms with E-state index in [2.05, 4.69) is 21.2 Å². The minimum absolute atomic E-state index is 0.332. The Morgan fingerprint density at radius 2 is 1.57 bits per heavy atom. The van der Waals surface area contributed by atoms with Gasteiger partial charge in [0.25, 0.3) is 0 Å². The van der Waals surface area contributed by atoms with Crippen LogP contribution in [0.2, 0.25) is 20.1 Å². The summed E-state index contributed by atoms with van der Waals surface area (Å²) in [5, 5.41) is 5.51. The maximum atomic E-state index is 6.23. The van der Waals surface area contributed by atoms with Crippen molar-refractivity contribution in [2.24, 2.45) is 0 Å². The highest BCUT2D eigenvalue weighted by atomic mass is 79.9. The van der Waals surface area contributed by atoms with Gasteiger partial charge in [-0.25, -0.2) is 0 Å². The van der Waals surface area contributed by atoms with Crippen molar-refractivity contribution in [1.29, 1.82) is 0 Å². The molecule has 0 aliphatic heterocycles. The molecule has 0 saturated carbocycles. The van der Waals surface area contributed by atoms with Gasteiger partial charge in [0.1, 0.15) is 6.61 Å². The van der Waals surface area contributed by atoms with Gasteiger partial charge in [0.05, 0.1) is 27.4 Å². The van der Waals surface area contributed by atoms with E-state index in [0.717, 1.165) is 21.3 Å². The van der Waals surface area contributed by atoms with Crippen LogP contribution in [0.4, 0.5) is 5.69 Å². The topological polar surface area (TPSA) is 30.5 Å². The molecule has 0 amide bonds. The number of nitrogens with one attached hydrogen (secondary N) is 1. The van der Waals surface area contributed by atoms with Crippen LogP contribution in [0.1, 0.15) is 18.1 Å². The summed E-state index contributed by atoms with van der Waals surface area (Å²) in [6, 6.07) is 14.5. The first-order valence-electron chi connectivity index (χ1n) is 9.08. The van der Waals surface area contributed by atoms with Crippen LogP contribution in [0.25, 0.3) is 0 Å². The standard InChI is InChI=1S/C22H18BrCl4NO2/c1-2-29-21-8-14(11-28-20-9-15(24)4-6-18(20)26)16(23)10-22(21)30-12-13-3-5-17(25)19(27)7-13/h3-10,28H,2,11-12H2,1H3. The molecule has 3 nitrogen and oxygen atoms in total. The van der Waals surface area contributed by atoms with Gasteiger partial charge in [0, 0.05) is 16.0 Å². The zero-order valence-electron chi connectivity index (χ0n) is 15.9. The maximum Gasteiger partial charge on any atom is 0.162 e. The van der Waals surface area contributed by atoms with Crippen LogP contribution < -0.4 is 14.8 Å². The van der Waals surface area contributed by atoms with E-state index in [4.69, 9.17) is 55.9 Å². The van der Waals surface area contributed by atoms with Crippen LogP contribution in [0.15, 0.2) is 53.0 Å². The summed E-state index contributed by atoms with van der Waals surface area (Å²) in [4.78, 5) is 0. The lowest BCUT2D eigenvalue weighted by atomic mass is 10.2. The molecule has 0 spiro atoms. The third-order valence-electron chi connectivity index (χ3n) is 4.19. The molecule has 0 fully saturated rings. The second-order valence-corrected chi connectivity index (χ2v) is 8.85. The van der Waals surface area contributed by atoms with Crippen LogP contribution in [0.5, 0.6) is 11.5 Å². The molecular formula is C22H18BrCl4NO2. The molecule has 0 unspecified atom stereocenters. The molecule has 158 valence electrons. The van der Waals surface area contributed by atoms with E-state index in [9.17, 15) is 0 Å². The van der Waals surface area contributed by atoms with E-state index in [1.54, 1.807) is 30.3 Å². The average Bonchev–Trinajstić information content (AvgIpc) is 2.71. The lowest BCUT2D eigenvalue weighted by molar-refractivity contribution is 0.269. The van der Waals surface area contributed by atoms with Crippen LogP contribution >= 0.6 is 62.3 Å². The monoisotopic (exact) mass is 547 g/mol. The highest BCUT2D eigenvalue weighted by molar-refractivity contribution is 9.10. The van der Waals surface area contributed by atoms with E-state index in [-0.39, 0.29) is 0 Å². The Bertz CT molecular complexity index is 1050. The summed E-state index contributed by atoms with van der Waals surface area (Å²) in [7, 11) is 0. The van der Waals surface area contributed by atoms with Crippen molar-refractivity contribution < 1.29 is 9.47 Å². The SMILES string of the molecule is CCOc1cc(CNc2cc(Cl)ccc2Cl)c(Br)cc1OCc1ccc(Cl)c(Cl)c1. The fourth-order valence-corrected chi connectivity index (χ4v) is 3.85.